The van der Waals surface area contributed by atoms with Crippen LogP contribution in [0.15, 0.2) is 18.2 Å². The van der Waals surface area contributed by atoms with Gasteiger partial charge in [-0.3, -0.25) is 10.1 Å². The third-order valence-electron chi connectivity index (χ3n) is 3.27. The van der Waals surface area contributed by atoms with Crippen LogP contribution in [0.5, 0.6) is 0 Å². The lowest BCUT2D eigenvalue weighted by atomic mass is 10.0. The van der Waals surface area contributed by atoms with E-state index in [9.17, 15) is 10.1 Å². The van der Waals surface area contributed by atoms with Crippen LogP contribution in [0.2, 0.25) is 0 Å². The smallest absolute Gasteiger partial charge is 0.293 e. The van der Waals surface area contributed by atoms with Crippen molar-refractivity contribution >= 4 is 11.4 Å². The third kappa shape index (κ3) is 3.42. The summed E-state index contributed by atoms with van der Waals surface area (Å²) in [5, 5.41) is 26.2. The molecule has 0 aromatic heterocycles. The van der Waals surface area contributed by atoms with Gasteiger partial charge in [-0.15, -0.1) is 0 Å². The summed E-state index contributed by atoms with van der Waals surface area (Å²) in [7, 11) is 0. The van der Waals surface area contributed by atoms with Crippen molar-refractivity contribution in [2.45, 2.75) is 25.3 Å². The number of nitrogens with one attached hydrogen (secondary N) is 2. The van der Waals surface area contributed by atoms with E-state index >= 15 is 0 Å². The molecule has 0 spiro atoms. The number of piperidine rings is 1. The Bertz CT molecular complexity index is 504. The van der Waals surface area contributed by atoms with Crippen LogP contribution in [0.1, 0.15) is 24.8 Å². The van der Waals surface area contributed by atoms with E-state index in [1.807, 2.05) is 6.07 Å². The first-order valence-corrected chi connectivity index (χ1v) is 6.36. The van der Waals surface area contributed by atoms with Crippen molar-refractivity contribution in [1.29, 1.82) is 5.26 Å². The highest BCUT2D eigenvalue weighted by molar-refractivity contribution is 5.64. The zero-order valence-corrected chi connectivity index (χ0v) is 10.6. The molecule has 100 valence electrons. The number of benzene rings is 1. The van der Waals surface area contributed by atoms with E-state index in [1.165, 1.54) is 18.9 Å². The van der Waals surface area contributed by atoms with Gasteiger partial charge in [0.2, 0.25) is 0 Å². The molecule has 2 N–H and O–H groups in total. The van der Waals surface area contributed by atoms with E-state index in [0.29, 0.717) is 23.8 Å². The van der Waals surface area contributed by atoms with E-state index in [1.54, 1.807) is 12.1 Å². The molecule has 1 fully saturated rings. The fourth-order valence-corrected chi connectivity index (χ4v) is 2.23. The highest BCUT2D eigenvalue weighted by Crippen LogP contribution is 2.25. The summed E-state index contributed by atoms with van der Waals surface area (Å²) in [6.45, 7) is 1.66. The topological polar surface area (TPSA) is 91.0 Å². The van der Waals surface area contributed by atoms with Crippen molar-refractivity contribution in [2.24, 2.45) is 0 Å². The van der Waals surface area contributed by atoms with Gasteiger partial charge in [-0.05, 0) is 31.5 Å². The molecule has 1 atom stereocenters. The maximum Gasteiger partial charge on any atom is 0.293 e. The van der Waals surface area contributed by atoms with Crippen molar-refractivity contribution in [1.82, 2.24) is 5.32 Å². The predicted octanol–water partition coefficient (Wildman–Crippen LogP) is 2.02. The molecule has 1 aliphatic rings. The molecule has 0 saturated carbocycles. The number of nitro groups is 1. The lowest BCUT2D eigenvalue weighted by Gasteiger charge is -2.24. The third-order valence-corrected chi connectivity index (χ3v) is 3.27. The van der Waals surface area contributed by atoms with Gasteiger partial charge in [0.1, 0.15) is 5.69 Å². The van der Waals surface area contributed by atoms with Crippen LogP contribution in [0.25, 0.3) is 0 Å². The van der Waals surface area contributed by atoms with Crippen LogP contribution in [0.3, 0.4) is 0 Å². The Labute approximate surface area is 111 Å². The van der Waals surface area contributed by atoms with Gasteiger partial charge < -0.3 is 10.6 Å². The largest absolute Gasteiger partial charge is 0.378 e. The fourth-order valence-electron chi connectivity index (χ4n) is 2.23. The molecule has 0 bridgehead atoms. The van der Waals surface area contributed by atoms with Gasteiger partial charge in [-0.1, -0.05) is 6.42 Å². The molecule has 1 saturated heterocycles. The highest BCUT2D eigenvalue weighted by Gasteiger charge is 2.17. The number of nitriles is 1. The summed E-state index contributed by atoms with van der Waals surface area (Å²) in [4.78, 5) is 10.5. The quantitative estimate of drug-likeness (QED) is 0.638. The molecule has 1 aromatic carbocycles. The monoisotopic (exact) mass is 260 g/mol. The van der Waals surface area contributed by atoms with Gasteiger partial charge in [0, 0.05) is 18.7 Å². The first-order valence-electron chi connectivity index (χ1n) is 6.36. The standard InChI is InChI=1S/C13H16N4O2/c14-8-10-4-5-12(13(7-10)17(18)19)16-9-11-3-1-2-6-15-11/h4-5,7,11,15-16H,1-3,6,9H2. The minimum absolute atomic E-state index is 0.0464. The van der Waals surface area contributed by atoms with Crippen LogP contribution < -0.4 is 10.6 Å². The first-order chi connectivity index (χ1) is 9.20. The highest BCUT2D eigenvalue weighted by atomic mass is 16.6. The number of anilines is 1. The molecule has 1 aromatic rings. The second kappa shape index (κ2) is 6.16. The molecule has 2 rings (SSSR count). The van der Waals surface area contributed by atoms with Gasteiger partial charge in [0.05, 0.1) is 16.6 Å². The first kappa shape index (κ1) is 13.3. The van der Waals surface area contributed by atoms with Crippen LogP contribution in [0, 0.1) is 21.4 Å². The molecule has 0 amide bonds. The zero-order chi connectivity index (χ0) is 13.7. The molecule has 0 aliphatic carbocycles. The summed E-state index contributed by atoms with van der Waals surface area (Å²) < 4.78 is 0. The lowest BCUT2D eigenvalue weighted by molar-refractivity contribution is -0.384. The summed E-state index contributed by atoms with van der Waals surface area (Å²) in [5.41, 5.74) is 0.722. The van der Waals surface area contributed by atoms with Crippen molar-refractivity contribution in [2.75, 3.05) is 18.4 Å². The van der Waals surface area contributed by atoms with E-state index in [2.05, 4.69) is 10.6 Å². The second-order valence-corrected chi connectivity index (χ2v) is 4.63. The fraction of sp³-hybridized carbons (Fsp3) is 0.462. The summed E-state index contributed by atoms with van der Waals surface area (Å²) >= 11 is 0. The average molecular weight is 260 g/mol. The van der Waals surface area contributed by atoms with Crippen LogP contribution in [-0.4, -0.2) is 24.1 Å². The number of hydrogen-bond donors (Lipinski definition) is 2. The molecule has 1 aliphatic heterocycles. The number of nitro benzene ring substituents is 1. The Balaban J connectivity index is 2.06. The van der Waals surface area contributed by atoms with E-state index in [4.69, 9.17) is 5.26 Å². The van der Waals surface area contributed by atoms with E-state index in [-0.39, 0.29) is 5.69 Å². The Morgan fingerprint density at radius 3 is 3.00 bits per heavy atom. The summed E-state index contributed by atoms with van der Waals surface area (Å²) in [5.74, 6) is 0. The van der Waals surface area contributed by atoms with Crippen LogP contribution in [0.4, 0.5) is 11.4 Å². The Kier molecular flexibility index (Phi) is 4.31. The summed E-state index contributed by atoms with van der Waals surface area (Å²) in [6.07, 6.45) is 3.46. The number of nitrogens with zero attached hydrogens (tertiary/aromatic N) is 2. The van der Waals surface area contributed by atoms with Crippen molar-refractivity contribution in [3.8, 4) is 6.07 Å². The molecule has 1 heterocycles. The number of hydrogen-bond acceptors (Lipinski definition) is 5. The predicted molar refractivity (Wildman–Crippen MR) is 71.9 cm³/mol. The van der Waals surface area contributed by atoms with Crippen LogP contribution in [-0.2, 0) is 0 Å². The van der Waals surface area contributed by atoms with Crippen LogP contribution >= 0.6 is 0 Å². The molecule has 6 nitrogen and oxygen atoms in total. The molecule has 0 radical (unpaired) electrons. The molecule has 19 heavy (non-hydrogen) atoms. The molecular formula is C13H16N4O2. The Hall–Kier alpha value is -2.13. The minimum atomic E-state index is -0.461. The van der Waals surface area contributed by atoms with Crippen molar-refractivity contribution < 1.29 is 4.92 Å². The van der Waals surface area contributed by atoms with Gasteiger partial charge in [-0.2, -0.15) is 5.26 Å². The lowest BCUT2D eigenvalue weighted by Crippen LogP contribution is -2.39. The SMILES string of the molecule is N#Cc1ccc(NCC2CCCCN2)c([N+](=O)[O-])c1. The molecular weight excluding hydrogens is 244 g/mol. The Morgan fingerprint density at radius 2 is 2.37 bits per heavy atom. The van der Waals surface area contributed by atoms with Gasteiger partial charge in [0.25, 0.3) is 5.69 Å². The van der Waals surface area contributed by atoms with Gasteiger partial charge >= 0.3 is 0 Å². The van der Waals surface area contributed by atoms with Crippen molar-refractivity contribution in [3.63, 3.8) is 0 Å². The zero-order valence-electron chi connectivity index (χ0n) is 10.6. The summed E-state index contributed by atoms with van der Waals surface area (Å²) in [6, 6.07) is 6.75. The minimum Gasteiger partial charge on any atom is -0.378 e. The van der Waals surface area contributed by atoms with Gasteiger partial charge in [-0.25, -0.2) is 0 Å². The average Bonchev–Trinajstić information content (AvgIpc) is 2.46. The van der Waals surface area contributed by atoms with E-state index < -0.39 is 4.92 Å². The molecule has 6 heteroatoms. The van der Waals surface area contributed by atoms with E-state index in [0.717, 1.165) is 13.0 Å². The maximum absolute atomic E-state index is 11.0. The number of rotatable bonds is 4. The van der Waals surface area contributed by atoms with Gasteiger partial charge in [0.15, 0.2) is 0 Å². The normalized spacial score (nSPS) is 18.6. The van der Waals surface area contributed by atoms with Crippen molar-refractivity contribution in [3.05, 3.63) is 33.9 Å². The maximum atomic E-state index is 11.0. The Morgan fingerprint density at radius 1 is 1.53 bits per heavy atom. The molecule has 1 unspecified atom stereocenters. The second-order valence-electron chi connectivity index (χ2n) is 4.63.